The molecule has 0 aliphatic heterocycles. The van der Waals surface area contributed by atoms with Crippen molar-refractivity contribution in [3.05, 3.63) is 115 Å². The molecule has 0 unspecified atom stereocenters. The van der Waals surface area contributed by atoms with Crippen LogP contribution in [0.5, 0.6) is 0 Å². The van der Waals surface area contributed by atoms with Gasteiger partial charge in [-0.1, -0.05) is 88.4 Å². The summed E-state index contributed by atoms with van der Waals surface area (Å²) >= 11 is 27.1. The van der Waals surface area contributed by atoms with Gasteiger partial charge in [-0.15, -0.1) is 24.5 Å². The van der Waals surface area contributed by atoms with Gasteiger partial charge in [0.25, 0.3) is 0 Å². The van der Waals surface area contributed by atoms with Crippen molar-refractivity contribution in [3.63, 3.8) is 0 Å². The SMILES string of the molecule is C=CCN=C=O.C=CCN=C=O.C=CCn1c(=O)on(-c2cccc(Cl)c2Cl)c1=O.O=C([O-])Cl.ONc1cccc(Cl)c1Cl.[Na+].[Na+].[OH-]. The number of rotatable bonds is 8. The van der Waals surface area contributed by atoms with Crippen LogP contribution in [0.2, 0.25) is 20.1 Å². The predicted molar refractivity (Wildman–Crippen MR) is 170 cm³/mol. The van der Waals surface area contributed by atoms with Gasteiger partial charge in [-0.3, -0.25) is 10.7 Å². The minimum Gasteiger partial charge on any atom is -0.870 e. The number of carbonyl (C=O) groups excluding carboxylic acids is 3. The zero-order valence-corrected chi connectivity index (χ0v) is 32.6. The van der Waals surface area contributed by atoms with E-state index in [-0.39, 0.29) is 86.9 Å². The molecule has 1 aromatic heterocycles. The number of allylic oxidation sites excluding steroid dienone is 1. The van der Waals surface area contributed by atoms with Gasteiger partial charge in [0.05, 0.1) is 45.4 Å². The Kier molecular flexibility index (Phi) is 38.9. The first kappa shape index (κ1) is 54.3. The molecule has 3 aromatic rings. The van der Waals surface area contributed by atoms with Crippen LogP contribution < -0.4 is 81.1 Å². The molecule has 0 saturated heterocycles. The maximum Gasteiger partial charge on any atom is 1.00 e. The Bertz CT molecular complexity index is 1580. The molecule has 14 nitrogen and oxygen atoms in total. The molecule has 0 saturated carbocycles. The third-order valence-corrected chi connectivity index (χ3v) is 5.53. The Labute approximate surface area is 337 Å². The molecule has 47 heavy (non-hydrogen) atoms. The summed E-state index contributed by atoms with van der Waals surface area (Å²) in [6, 6.07) is 9.64. The van der Waals surface area contributed by atoms with Crippen molar-refractivity contribution < 1.29 is 93.8 Å². The second-order valence-electron chi connectivity index (χ2n) is 6.80. The monoisotopic (exact) mass is 771 g/mol. The zero-order valence-electron chi connectivity index (χ0n) is 24.9. The van der Waals surface area contributed by atoms with E-state index in [0.717, 1.165) is 9.31 Å². The van der Waals surface area contributed by atoms with Crippen molar-refractivity contribution in [2.45, 2.75) is 6.54 Å². The average Bonchev–Trinajstić information content (AvgIpc) is 3.27. The number of nitrogens with one attached hydrogen (secondary N) is 1. The van der Waals surface area contributed by atoms with E-state index in [4.69, 9.17) is 66.0 Å². The van der Waals surface area contributed by atoms with E-state index in [0.29, 0.717) is 28.8 Å². The number of hydrogen-bond donors (Lipinski definition) is 2. The molecule has 3 rings (SSSR count). The first-order chi connectivity index (χ1) is 20.9. The molecular formula is C26H24Cl5N5Na2O9. The standard InChI is InChI=1S/C11H8Cl2N2O3.C6H5Cl2NO.2C4H5NO.CHClO2.2Na.H2O/c1-2-6-14-10(16)15(18-11(14)17)8-5-3-4-7(12)9(8)13;7-4-2-1-3-5(9-10)6(4)8;2*1-2-3-5-4-6;2-1(3)4;;;/h2-5H,1,6H2;1-3,9-10H;2*2H,1,3H2;(H,3,4);;;1H2/q;;;;;2*+1;/p-2. The third kappa shape index (κ3) is 23.7. The predicted octanol–water partition coefficient (Wildman–Crippen LogP) is -0.704. The van der Waals surface area contributed by atoms with E-state index in [1.54, 1.807) is 30.3 Å². The minimum absolute atomic E-state index is 0. The first-order valence-corrected chi connectivity index (χ1v) is 13.1. The Morgan fingerprint density at radius 2 is 1.36 bits per heavy atom. The summed E-state index contributed by atoms with van der Waals surface area (Å²) in [6.45, 7) is 10.9. The Balaban J connectivity index is -0.000000173. The van der Waals surface area contributed by atoms with Crippen LogP contribution in [-0.2, 0) is 16.1 Å². The quantitative estimate of drug-likeness (QED) is 0.0732. The van der Waals surface area contributed by atoms with Gasteiger partial charge < -0.3 is 19.9 Å². The van der Waals surface area contributed by atoms with Crippen LogP contribution in [0.3, 0.4) is 0 Å². The van der Waals surface area contributed by atoms with Crippen molar-refractivity contribution in [2.75, 3.05) is 18.6 Å². The Hall–Kier alpha value is -2.20. The molecule has 0 aliphatic rings. The van der Waals surface area contributed by atoms with Crippen LogP contribution in [0.4, 0.5) is 10.5 Å². The van der Waals surface area contributed by atoms with E-state index in [1.807, 2.05) is 5.48 Å². The van der Waals surface area contributed by atoms with E-state index >= 15 is 0 Å². The molecular weight excluding hydrogens is 750 g/mol. The number of carboxylic acid groups (broad SMARTS) is 1. The molecule has 244 valence electrons. The molecule has 0 amide bonds. The van der Waals surface area contributed by atoms with Crippen LogP contribution in [0.25, 0.3) is 5.69 Å². The maximum absolute atomic E-state index is 11.9. The van der Waals surface area contributed by atoms with Crippen molar-refractivity contribution in [1.29, 1.82) is 0 Å². The van der Waals surface area contributed by atoms with Crippen LogP contribution in [-0.4, -0.2) is 50.7 Å². The van der Waals surface area contributed by atoms with Crippen LogP contribution in [0.1, 0.15) is 0 Å². The van der Waals surface area contributed by atoms with Gasteiger partial charge in [0.2, 0.25) is 12.2 Å². The second kappa shape index (κ2) is 33.7. The van der Waals surface area contributed by atoms with Crippen molar-refractivity contribution in [2.24, 2.45) is 9.98 Å². The summed E-state index contributed by atoms with van der Waals surface area (Å²) in [5, 5.41) is 18.3. The number of hydrogen-bond acceptors (Lipinski definition) is 12. The zero-order chi connectivity index (χ0) is 34.1. The van der Waals surface area contributed by atoms with Gasteiger partial charge >= 0.3 is 70.6 Å². The van der Waals surface area contributed by atoms with E-state index in [9.17, 15) is 19.2 Å². The van der Waals surface area contributed by atoms with Gasteiger partial charge in [0, 0.05) is 0 Å². The van der Waals surface area contributed by atoms with Gasteiger partial charge in [0.15, 0.2) is 0 Å². The summed E-state index contributed by atoms with van der Waals surface area (Å²) < 4.78 is 6.54. The van der Waals surface area contributed by atoms with Crippen molar-refractivity contribution in [1.82, 2.24) is 9.31 Å². The molecule has 2 aromatic carbocycles. The fourth-order valence-corrected chi connectivity index (χ4v) is 2.95. The molecule has 0 spiro atoms. The molecule has 0 fully saturated rings. The summed E-state index contributed by atoms with van der Waals surface area (Å²) in [7, 11) is 0. The number of aliphatic imine (C=N–C) groups is 2. The number of anilines is 1. The Morgan fingerprint density at radius 3 is 1.72 bits per heavy atom. The maximum atomic E-state index is 11.9. The molecule has 3 N–H and O–H groups in total. The van der Waals surface area contributed by atoms with E-state index in [2.05, 4.69) is 41.3 Å². The van der Waals surface area contributed by atoms with E-state index < -0.39 is 16.9 Å². The average molecular weight is 774 g/mol. The van der Waals surface area contributed by atoms with Gasteiger partial charge in [-0.2, -0.15) is 0 Å². The number of aromatic nitrogens is 2. The number of isocyanates is 2. The van der Waals surface area contributed by atoms with Gasteiger partial charge in [0.1, 0.15) is 11.1 Å². The molecule has 0 atom stereocenters. The summed E-state index contributed by atoms with van der Waals surface area (Å²) in [4.78, 5) is 56.8. The molecule has 1 heterocycles. The topological polar surface area (TPSA) is 218 Å². The minimum atomic E-state index is -1.61. The largest absolute Gasteiger partial charge is 1.00 e. The van der Waals surface area contributed by atoms with Crippen molar-refractivity contribution in [3.8, 4) is 5.69 Å². The fourth-order valence-electron chi connectivity index (χ4n) is 2.23. The Morgan fingerprint density at radius 1 is 0.915 bits per heavy atom. The fraction of sp³-hybridized carbons (Fsp3) is 0.115. The number of halogens is 5. The molecule has 0 aliphatic carbocycles. The van der Waals surface area contributed by atoms with Crippen LogP contribution in [0.15, 0.2) is 98.5 Å². The van der Waals surface area contributed by atoms with Crippen LogP contribution in [0, 0.1) is 0 Å². The smallest absolute Gasteiger partial charge is 0.870 e. The normalized spacial score (nSPS) is 8.13. The summed E-state index contributed by atoms with van der Waals surface area (Å²) in [6.07, 6.45) is 7.23. The van der Waals surface area contributed by atoms with Crippen molar-refractivity contribution >= 4 is 81.3 Å². The van der Waals surface area contributed by atoms with Crippen LogP contribution >= 0.6 is 58.0 Å². The van der Waals surface area contributed by atoms with Gasteiger partial charge in [-0.25, -0.2) is 33.7 Å². The summed E-state index contributed by atoms with van der Waals surface area (Å²) in [5.41, 5.74) is 0.301. The van der Waals surface area contributed by atoms with E-state index in [1.165, 1.54) is 36.5 Å². The first-order valence-electron chi connectivity index (χ1n) is 11.3. The molecule has 0 bridgehead atoms. The number of benzene rings is 2. The summed E-state index contributed by atoms with van der Waals surface area (Å²) in [5.74, 6) is -0.782. The second-order valence-corrected chi connectivity index (χ2v) is 8.68. The third-order valence-electron chi connectivity index (χ3n) is 3.90. The van der Waals surface area contributed by atoms with Gasteiger partial charge in [-0.05, 0) is 24.3 Å². The number of carbonyl (C=O) groups is 1. The molecule has 21 heteroatoms. The number of nitrogens with zero attached hydrogens (tertiary/aromatic N) is 4. The molecule has 0 radical (unpaired) electrons.